The van der Waals surface area contributed by atoms with Crippen molar-refractivity contribution in [2.75, 3.05) is 7.05 Å². The predicted molar refractivity (Wildman–Crippen MR) is 89.3 cm³/mol. The molecule has 1 aliphatic carbocycles. The summed E-state index contributed by atoms with van der Waals surface area (Å²) in [4.78, 5) is 7.14. The second-order valence-electron chi connectivity index (χ2n) is 6.08. The van der Waals surface area contributed by atoms with Crippen molar-refractivity contribution in [2.45, 2.75) is 50.7 Å². The van der Waals surface area contributed by atoms with Gasteiger partial charge in [0.1, 0.15) is 5.82 Å². The van der Waals surface area contributed by atoms with Crippen LogP contribution in [-0.2, 0) is 6.54 Å². The van der Waals surface area contributed by atoms with E-state index in [-0.39, 0.29) is 5.38 Å². The molecule has 3 nitrogen and oxygen atoms in total. The van der Waals surface area contributed by atoms with Gasteiger partial charge in [0, 0.05) is 23.7 Å². The van der Waals surface area contributed by atoms with Crippen molar-refractivity contribution in [1.82, 2.24) is 14.5 Å². The molecule has 1 aromatic heterocycles. The molecule has 1 heterocycles. The number of likely N-dealkylation sites (N-methyl/N-ethyl adjacent to an activating group) is 1. The highest BCUT2D eigenvalue weighted by molar-refractivity contribution is 6.31. The van der Waals surface area contributed by atoms with Gasteiger partial charge in [-0.15, -0.1) is 11.6 Å². The Hall–Kier alpha value is -0.770. The molecular formula is C16H21Cl2N3. The Morgan fingerprint density at radius 3 is 2.71 bits per heavy atom. The van der Waals surface area contributed by atoms with Crippen molar-refractivity contribution < 1.29 is 0 Å². The maximum atomic E-state index is 6.33. The molecule has 2 atom stereocenters. The number of aromatic nitrogens is 2. The molecule has 0 radical (unpaired) electrons. The smallest absolute Gasteiger partial charge is 0.127 e. The van der Waals surface area contributed by atoms with Crippen LogP contribution in [0.25, 0.3) is 11.0 Å². The first kappa shape index (κ1) is 15.1. The number of rotatable bonds is 5. The van der Waals surface area contributed by atoms with Crippen LogP contribution in [0.1, 0.15) is 37.9 Å². The molecule has 1 aromatic carbocycles. The van der Waals surface area contributed by atoms with Crippen LogP contribution in [0.5, 0.6) is 0 Å². The van der Waals surface area contributed by atoms with Crippen LogP contribution in [0.4, 0.5) is 0 Å². The third-order valence-electron chi connectivity index (χ3n) is 4.36. The molecule has 21 heavy (non-hydrogen) atoms. The number of hydrogen-bond donors (Lipinski definition) is 0. The minimum Gasteiger partial charge on any atom is -0.325 e. The lowest BCUT2D eigenvalue weighted by molar-refractivity contribution is 0.226. The molecule has 0 aliphatic heterocycles. The lowest BCUT2D eigenvalue weighted by Crippen LogP contribution is -2.34. The van der Waals surface area contributed by atoms with Crippen molar-refractivity contribution in [2.24, 2.45) is 0 Å². The Kier molecular flexibility index (Phi) is 4.17. The fraction of sp³-hybridized carbons (Fsp3) is 0.562. The molecule has 1 aliphatic rings. The highest BCUT2D eigenvalue weighted by atomic mass is 35.5. The van der Waals surface area contributed by atoms with E-state index in [0.29, 0.717) is 11.1 Å². The summed E-state index contributed by atoms with van der Waals surface area (Å²) in [5.41, 5.74) is 2.03. The zero-order valence-electron chi connectivity index (χ0n) is 12.7. The summed E-state index contributed by atoms with van der Waals surface area (Å²) in [6, 6.07) is 7.07. The van der Waals surface area contributed by atoms with Crippen molar-refractivity contribution in [3.05, 3.63) is 29.0 Å². The lowest BCUT2D eigenvalue weighted by atomic mass is 10.2. The normalized spacial score (nSPS) is 18.4. The minimum atomic E-state index is -0.116. The van der Waals surface area contributed by atoms with E-state index in [1.807, 2.05) is 25.1 Å². The molecule has 2 unspecified atom stereocenters. The molecule has 0 bridgehead atoms. The molecule has 5 heteroatoms. The second kappa shape index (κ2) is 5.79. The van der Waals surface area contributed by atoms with E-state index in [1.54, 1.807) is 0 Å². The van der Waals surface area contributed by atoms with Crippen molar-refractivity contribution in [3.63, 3.8) is 0 Å². The van der Waals surface area contributed by atoms with Gasteiger partial charge in [0.25, 0.3) is 0 Å². The van der Waals surface area contributed by atoms with Crippen LogP contribution in [0, 0.1) is 0 Å². The molecule has 1 saturated carbocycles. The van der Waals surface area contributed by atoms with Crippen LogP contribution >= 0.6 is 23.2 Å². The predicted octanol–water partition coefficient (Wildman–Crippen LogP) is 4.47. The van der Waals surface area contributed by atoms with Crippen LogP contribution in [-0.4, -0.2) is 33.6 Å². The molecular weight excluding hydrogens is 305 g/mol. The number of hydrogen-bond acceptors (Lipinski definition) is 2. The summed E-state index contributed by atoms with van der Waals surface area (Å²) < 4.78 is 2.24. The zero-order valence-corrected chi connectivity index (χ0v) is 14.2. The Bertz CT molecular complexity index is 646. The first-order chi connectivity index (χ1) is 9.97. The number of fused-ring (bicyclic) bond motifs is 1. The lowest BCUT2D eigenvalue weighted by Gasteiger charge is -2.26. The Balaban J connectivity index is 1.96. The van der Waals surface area contributed by atoms with Gasteiger partial charge in [-0.05, 0) is 51.9 Å². The van der Waals surface area contributed by atoms with E-state index in [2.05, 4.69) is 28.4 Å². The maximum Gasteiger partial charge on any atom is 0.127 e. The number of imidazole rings is 1. The molecule has 0 amide bonds. The first-order valence-electron chi connectivity index (χ1n) is 7.49. The third-order valence-corrected chi connectivity index (χ3v) is 4.79. The van der Waals surface area contributed by atoms with Crippen LogP contribution in [0.3, 0.4) is 0 Å². The molecule has 2 aromatic rings. The van der Waals surface area contributed by atoms with Gasteiger partial charge in [-0.25, -0.2) is 4.98 Å². The Morgan fingerprint density at radius 1 is 1.38 bits per heavy atom. The fourth-order valence-corrected chi connectivity index (χ4v) is 3.18. The van der Waals surface area contributed by atoms with Gasteiger partial charge in [-0.1, -0.05) is 11.6 Å². The maximum absolute atomic E-state index is 6.33. The highest BCUT2D eigenvalue weighted by Crippen LogP contribution is 2.30. The number of alkyl halides is 1. The van der Waals surface area contributed by atoms with Gasteiger partial charge >= 0.3 is 0 Å². The van der Waals surface area contributed by atoms with E-state index in [4.69, 9.17) is 23.2 Å². The second-order valence-corrected chi connectivity index (χ2v) is 7.17. The van der Waals surface area contributed by atoms with E-state index >= 15 is 0 Å². The standard InChI is InChI=1S/C16H21Cl2N3/c1-10(20(3)13-5-6-13)9-21-15-7-4-12(18)8-14(15)19-16(21)11(2)17/h4,7-8,10-11,13H,5-6,9H2,1-3H3. The van der Waals surface area contributed by atoms with Crippen LogP contribution in [0.15, 0.2) is 18.2 Å². The van der Waals surface area contributed by atoms with Crippen molar-refractivity contribution in [3.8, 4) is 0 Å². The highest BCUT2D eigenvalue weighted by Gasteiger charge is 2.30. The summed E-state index contributed by atoms with van der Waals surface area (Å²) in [5.74, 6) is 0.921. The van der Waals surface area contributed by atoms with Gasteiger partial charge in [-0.3, -0.25) is 4.90 Å². The van der Waals surface area contributed by atoms with E-state index in [1.165, 1.54) is 12.8 Å². The summed E-state index contributed by atoms with van der Waals surface area (Å²) in [7, 11) is 2.21. The average Bonchev–Trinajstić information content (AvgIpc) is 3.21. The number of halogens is 2. The number of nitrogens with zero attached hydrogens (tertiary/aromatic N) is 3. The third kappa shape index (κ3) is 3.05. The molecule has 0 N–H and O–H groups in total. The van der Waals surface area contributed by atoms with Gasteiger partial charge < -0.3 is 4.57 Å². The average molecular weight is 326 g/mol. The zero-order chi connectivity index (χ0) is 15.1. The van der Waals surface area contributed by atoms with Gasteiger partial charge in [-0.2, -0.15) is 0 Å². The number of benzene rings is 1. The Morgan fingerprint density at radius 2 is 2.10 bits per heavy atom. The quantitative estimate of drug-likeness (QED) is 0.756. The molecule has 1 fully saturated rings. The SMILES string of the molecule is CC(Cl)c1nc2cc(Cl)ccc2n1CC(C)N(C)C1CC1. The Labute approximate surface area is 135 Å². The van der Waals surface area contributed by atoms with Gasteiger partial charge in [0.15, 0.2) is 0 Å². The summed E-state index contributed by atoms with van der Waals surface area (Å²) in [6.07, 6.45) is 2.64. The topological polar surface area (TPSA) is 21.1 Å². The van der Waals surface area contributed by atoms with E-state index < -0.39 is 0 Å². The van der Waals surface area contributed by atoms with Crippen LogP contribution in [0.2, 0.25) is 5.02 Å². The molecule has 0 saturated heterocycles. The minimum absolute atomic E-state index is 0.116. The van der Waals surface area contributed by atoms with E-state index in [9.17, 15) is 0 Å². The molecule has 3 rings (SSSR count). The first-order valence-corrected chi connectivity index (χ1v) is 8.30. The van der Waals surface area contributed by atoms with Crippen molar-refractivity contribution in [1.29, 1.82) is 0 Å². The van der Waals surface area contributed by atoms with Gasteiger partial charge in [0.05, 0.1) is 16.4 Å². The molecule has 114 valence electrons. The van der Waals surface area contributed by atoms with Crippen LogP contribution < -0.4 is 0 Å². The van der Waals surface area contributed by atoms with Gasteiger partial charge in [0.2, 0.25) is 0 Å². The largest absolute Gasteiger partial charge is 0.325 e. The summed E-state index contributed by atoms with van der Waals surface area (Å²) in [5, 5.41) is 0.596. The molecule has 0 spiro atoms. The van der Waals surface area contributed by atoms with Crippen molar-refractivity contribution >= 4 is 34.2 Å². The monoisotopic (exact) mass is 325 g/mol. The summed E-state index contributed by atoms with van der Waals surface area (Å²) in [6.45, 7) is 5.14. The van der Waals surface area contributed by atoms with E-state index in [0.717, 1.165) is 29.4 Å². The summed E-state index contributed by atoms with van der Waals surface area (Å²) >= 11 is 12.4. The fourth-order valence-electron chi connectivity index (χ4n) is 2.85.